The van der Waals surface area contributed by atoms with Crippen LogP contribution >= 0.6 is 0 Å². The van der Waals surface area contributed by atoms with Gasteiger partial charge in [0.15, 0.2) is 0 Å². The molecule has 0 aromatic rings. The summed E-state index contributed by atoms with van der Waals surface area (Å²) in [6.07, 6.45) is 12.5. The van der Waals surface area contributed by atoms with Gasteiger partial charge < -0.3 is 9.45 Å². The molecule has 0 aliphatic carbocycles. The van der Waals surface area contributed by atoms with E-state index in [-0.39, 0.29) is 41.2 Å². The van der Waals surface area contributed by atoms with E-state index in [1.807, 2.05) is 0 Å². The van der Waals surface area contributed by atoms with Gasteiger partial charge >= 0.3 is 29.6 Å². The van der Waals surface area contributed by atoms with Gasteiger partial charge in [0.2, 0.25) is 5.91 Å². The van der Waals surface area contributed by atoms with E-state index < -0.39 is 10.1 Å². The van der Waals surface area contributed by atoms with Gasteiger partial charge in [-0.1, -0.05) is 58.3 Å². The Morgan fingerprint density at radius 1 is 0.875 bits per heavy atom. The summed E-state index contributed by atoms with van der Waals surface area (Å²) in [6.45, 7) is 2.74. The molecule has 0 bridgehead atoms. The molecule has 0 fully saturated rings. The molecule has 138 valence electrons. The van der Waals surface area contributed by atoms with Gasteiger partial charge in [-0.3, -0.25) is 4.79 Å². The van der Waals surface area contributed by atoms with E-state index >= 15 is 0 Å². The summed E-state index contributed by atoms with van der Waals surface area (Å²) >= 11 is 0. The maximum Gasteiger partial charge on any atom is 1.00 e. The fourth-order valence-corrected chi connectivity index (χ4v) is 3.09. The van der Waals surface area contributed by atoms with Crippen LogP contribution in [0, 0.1) is 0 Å². The molecule has 0 spiro atoms. The van der Waals surface area contributed by atoms with Crippen molar-refractivity contribution in [3.8, 4) is 0 Å². The molecule has 1 amide bonds. The van der Waals surface area contributed by atoms with Crippen LogP contribution < -0.4 is 29.6 Å². The first-order valence-electron chi connectivity index (χ1n) is 9.04. The van der Waals surface area contributed by atoms with Gasteiger partial charge in [0.25, 0.3) is 0 Å². The number of unbranched alkanes of at least 4 members (excludes halogenated alkanes) is 9. The Labute approximate surface area is 171 Å². The second kappa shape index (κ2) is 16.8. The Morgan fingerprint density at radius 3 is 1.88 bits per heavy atom. The van der Waals surface area contributed by atoms with E-state index in [1.165, 1.54) is 44.9 Å². The number of hydrogen-bond donors (Lipinski definition) is 0. The largest absolute Gasteiger partial charge is 1.00 e. The van der Waals surface area contributed by atoms with Crippen LogP contribution in [-0.4, -0.2) is 43.1 Å². The molecule has 7 heteroatoms. The molecule has 0 aromatic carbocycles. The first-order chi connectivity index (χ1) is 10.9. The normalized spacial score (nSPS) is 11.1. The van der Waals surface area contributed by atoms with Crippen molar-refractivity contribution >= 4 is 16.0 Å². The first-order valence-corrected chi connectivity index (χ1v) is 10.6. The molecule has 0 unspecified atom stereocenters. The fourth-order valence-electron chi connectivity index (χ4n) is 2.53. The average molecular weight is 372 g/mol. The van der Waals surface area contributed by atoms with Crippen LogP contribution in [0.1, 0.15) is 84.0 Å². The Balaban J connectivity index is 0. The minimum Gasteiger partial charge on any atom is -0.748 e. The summed E-state index contributed by atoms with van der Waals surface area (Å²) < 4.78 is 31.4. The van der Waals surface area contributed by atoms with E-state index in [0.29, 0.717) is 25.8 Å². The van der Waals surface area contributed by atoms with Crippen LogP contribution in [0.25, 0.3) is 0 Å². The first kappa shape index (κ1) is 26.6. The Morgan fingerprint density at radius 2 is 1.38 bits per heavy atom. The molecule has 0 saturated heterocycles. The van der Waals surface area contributed by atoms with E-state index in [0.717, 1.165) is 12.8 Å². The second-order valence-corrected chi connectivity index (χ2v) is 7.89. The van der Waals surface area contributed by atoms with Gasteiger partial charge in [-0.25, -0.2) is 8.42 Å². The van der Waals surface area contributed by atoms with Gasteiger partial charge in [-0.05, 0) is 19.3 Å². The topological polar surface area (TPSA) is 77.5 Å². The van der Waals surface area contributed by atoms with Crippen LogP contribution in [0.3, 0.4) is 0 Å². The standard InChI is InChI=1S/C17H35NO4S.Na/c1-3-4-5-6-7-8-9-10-11-14-17(19)18(2)15-12-13-16-23(20,21)22;/h3-16H2,1-2H3,(H,20,21,22);/q;+1/p-1. The van der Waals surface area contributed by atoms with E-state index in [2.05, 4.69) is 6.92 Å². The van der Waals surface area contributed by atoms with E-state index in [1.54, 1.807) is 11.9 Å². The van der Waals surface area contributed by atoms with E-state index in [4.69, 9.17) is 0 Å². The minimum atomic E-state index is -4.13. The van der Waals surface area contributed by atoms with Crippen LogP contribution in [0.4, 0.5) is 0 Å². The van der Waals surface area contributed by atoms with E-state index in [9.17, 15) is 17.8 Å². The average Bonchev–Trinajstić information content (AvgIpc) is 2.48. The minimum absolute atomic E-state index is 0. The molecule has 5 nitrogen and oxygen atoms in total. The molecule has 0 N–H and O–H groups in total. The third kappa shape index (κ3) is 18.7. The van der Waals surface area contributed by atoms with Gasteiger partial charge in [-0.15, -0.1) is 0 Å². The van der Waals surface area contributed by atoms with Crippen molar-refractivity contribution in [1.82, 2.24) is 4.90 Å². The summed E-state index contributed by atoms with van der Waals surface area (Å²) in [4.78, 5) is 13.5. The summed E-state index contributed by atoms with van der Waals surface area (Å²) in [5.74, 6) is -0.231. The molecule has 0 atom stereocenters. The summed E-state index contributed by atoms with van der Waals surface area (Å²) in [6, 6.07) is 0. The Bertz CT molecular complexity index is 401. The SMILES string of the molecule is CCCCCCCCCCCC(=O)N(C)CCCCS(=O)(=O)[O-].[Na+]. The molecule has 0 heterocycles. The molecule has 0 aromatic heterocycles. The van der Waals surface area contributed by atoms with Crippen LogP contribution in [0.5, 0.6) is 0 Å². The van der Waals surface area contributed by atoms with Crippen LogP contribution in [0.15, 0.2) is 0 Å². The maximum atomic E-state index is 11.9. The van der Waals surface area contributed by atoms with Crippen molar-refractivity contribution in [3.05, 3.63) is 0 Å². The van der Waals surface area contributed by atoms with Gasteiger partial charge in [0.1, 0.15) is 0 Å². The fraction of sp³-hybridized carbons (Fsp3) is 0.941. The molecule has 0 aliphatic heterocycles. The smallest absolute Gasteiger partial charge is 0.748 e. The van der Waals surface area contributed by atoms with Crippen molar-refractivity contribution in [1.29, 1.82) is 0 Å². The van der Waals surface area contributed by atoms with Crippen molar-refractivity contribution in [2.24, 2.45) is 0 Å². The van der Waals surface area contributed by atoms with Gasteiger partial charge in [-0.2, -0.15) is 0 Å². The third-order valence-electron chi connectivity index (χ3n) is 4.06. The monoisotopic (exact) mass is 371 g/mol. The number of rotatable bonds is 15. The number of amides is 1. The quantitative estimate of drug-likeness (QED) is 0.241. The van der Waals surface area contributed by atoms with Crippen LogP contribution in [0.2, 0.25) is 0 Å². The number of carbonyl (C=O) groups excluding carboxylic acids is 1. The third-order valence-corrected chi connectivity index (χ3v) is 4.85. The van der Waals surface area contributed by atoms with Crippen molar-refractivity contribution in [2.45, 2.75) is 84.0 Å². The number of nitrogens with zero attached hydrogens (tertiary/aromatic N) is 1. The van der Waals surface area contributed by atoms with Gasteiger partial charge in [0.05, 0.1) is 10.1 Å². The predicted molar refractivity (Wildman–Crippen MR) is 93.3 cm³/mol. The Kier molecular flexibility index (Phi) is 18.7. The number of carbonyl (C=O) groups is 1. The molecular formula is C17H34NNaO4S. The molecule has 0 saturated carbocycles. The zero-order chi connectivity index (χ0) is 17.6. The maximum absolute atomic E-state index is 11.9. The predicted octanol–water partition coefficient (Wildman–Crippen LogP) is 0.695. The molecule has 24 heavy (non-hydrogen) atoms. The zero-order valence-corrected chi connectivity index (χ0v) is 18.7. The van der Waals surface area contributed by atoms with Crippen molar-refractivity contribution < 1.29 is 47.3 Å². The van der Waals surface area contributed by atoms with Crippen molar-refractivity contribution in [3.63, 3.8) is 0 Å². The zero-order valence-electron chi connectivity index (χ0n) is 15.9. The molecule has 0 radical (unpaired) electrons. The molecular weight excluding hydrogens is 337 g/mol. The van der Waals surface area contributed by atoms with Crippen molar-refractivity contribution in [2.75, 3.05) is 19.3 Å². The summed E-state index contributed by atoms with van der Waals surface area (Å²) in [7, 11) is -2.39. The van der Waals surface area contributed by atoms with Gasteiger partial charge in [0, 0.05) is 25.8 Å². The molecule has 0 rings (SSSR count). The van der Waals surface area contributed by atoms with Crippen LogP contribution in [-0.2, 0) is 14.9 Å². The summed E-state index contributed by atoms with van der Waals surface area (Å²) in [5.41, 5.74) is 0. The second-order valence-electron chi connectivity index (χ2n) is 6.36. The Hall–Kier alpha value is 0.380. The number of hydrogen-bond acceptors (Lipinski definition) is 4. The molecule has 0 aliphatic rings. The summed E-state index contributed by atoms with van der Waals surface area (Å²) in [5, 5.41) is 0.